The van der Waals surface area contributed by atoms with E-state index in [1.807, 2.05) is 24.3 Å². The van der Waals surface area contributed by atoms with Crippen LogP contribution in [0.2, 0.25) is 5.02 Å². The molecule has 1 heterocycles. The molecule has 3 N–H and O–H groups in total. The molecule has 0 bridgehead atoms. The first-order chi connectivity index (χ1) is 12.5. The molecular formula is C20H18ClNO3S. The number of hydrogen-bond donors (Lipinski definition) is 2. The topological polar surface area (TPSA) is 80.4 Å². The van der Waals surface area contributed by atoms with E-state index in [1.54, 1.807) is 29.6 Å². The number of halogens is 1. The van der Waals surface area contributed by atoms with Gasteiger partial charge in [0.15, 0.2) is 0 Å². The third kappa shape index (κ3) is 4.94. The quantitative estimate of drug-likeness (QED) is 0.586. The van der Waals surface area contributed by atoms with Crippen molar-refractivity contribution in [3.8, 4) is 10.4 Å². The number of thiophene rings is 1. The Hall–Kier alpha value is -2.63. The summed E-state index contributed by atoms with van der Waals surface area (Å²) in [4.78, 5) is 21.9. The van der Waals surface area contributed by atoms with Crippen molar-refractivity contribution in [1.29, 1.82) is 0 Å². The lowest BCUT2D eigenvalue weighted by Gasteiger charge is -2.01. The van der Waals surface area contributed by atoms with Gasteiger partial charge in [-0.2, -0.15) is 0 Å². The van der Waals surface area contributed by atoms with Gasteiger partial charge in [0, 0.05) is 16.0 Å². The molecule has 4 nitrogen and oxygen atoms in total. The summed E-state index contributed by atoms with van der Waals surface area (Å²) in [5.41, 5.74) is 8.89. The van der Waals surface area contributed by atoms with Crippen LogP contribution >= 0.6 is 22.9 Å². The largest absolute Gasteiger partial charge is 0.478 e. The van der Waals surface area contributed by atoms with Crippen molar-refractivity contribution in [3.05, 3.63) is 75.6 Å². The van der Waals surface area contributed by atoms with Crippen LogP contribution in [0.4, 0.5) is 5.69 Å². The van der Waals surface area contributed by atoms with E-state index in [1.165, 1.54) is 16.9 Å². The Bertz CT molecular complexity index is 886. The van der Waals surface area contributed by atoms with E-state index in [9.17, 15) is 9.59 Å². The van der Waals surface area contributed by atoms with Gasteiger partial charge in [0.25, 0.3) is 0 Å². The van der Waals surface area contributed by atoms with Crippen molar-refractivity contribution in [1.82, 2.24) is 0 Å². The van der Waals surface area contributed by atoms with Crippen LogP contribution in [-0.4, -0.2) is 17.4 Å². The van der Waals surface area contributed by atoms with Crippen LogP contribution in [0.15, 0.2) is 53.9 Å². The van der Waals surface area contributed by atoms with E-state index in [0.29, 0.717) is 15.6 Å². The lowest BCUT2D eigenvalue weighted by Crippen LogP contribution is -2.00. The van der Waals surface area contributed by atoms with Gasteiger partial charge < -0.3 is 10.8 Å². The van der Waals surface area contributed by atoms with E-state index in [2.05, 4.69) is 6.92 Å². The number of aromatic carboxylic acids is 1. The van der Waals surface area contributed by atoms with E-state index in [0.717, 1.165) is 23.8 Å². The molecular weight excluding hydrogens is 370 g/mol. The fourth-order valence-corrected chi connectivity index (χ4v) is 3.32. The zero-order chi connectivity index (χ0) is 19.1. The third-order valence-electron chi connectivity index (χ3n) is 3.66. The summed E-state index contributed by atoms with van der Waals surface area (Å²) in [7, 11) is 0. The minimum absolute atomic E-state index is 0.160. The van der Waals surface area contributed by atoms with Crippen LogP contribution in [0.25, 0.3) is 10.4 Å². The first kappa shape index (κ1) is 19.7. The molecule has 3 rings (SSSR count). The Morgan fingerprint density at radius 1 is 1.15 bits per heavy atom. The van der Waals surface area contributed by atoms with E-state index in [4.69, 9.17) is 22.4 Å². The number of aldehydes is 1. The molecule has 0 fully saturated rings. The lowest BCUT2D eigenvalue weighted by atomic mass is 10.1. The van der Waals surface area contributed by atoms with Gasteiger partial charge in [0.05, 0.1) is 10.6 Å². The van der Waals surface area contributed by atoms with Crippen molar-refractivity contribution in [3.63, 3.8) is 0 Å². The highest BCUT2D eigenvalue weighted by atomic mass is 35.5. The predicted molar refractivity (Wildman–Crippen MR) is 107 cm³/mol. The Balaban J connectivity index is 0.000000209. The third-order valence-corrected chi connectivity index (χ3v) is 4.96. The Morgan fingerprint density at radius 3 is 2.27 bits per heavy atom. The highest BCUT2D eigenvalue weighted by molar-refractivity contribution is 7.14. The molecule has 0 radical (unpaired) electrons. The molecule has 0 unspecified atom stereocenters. The number of benzene rings is 2. The van der Waals surface area contributed by atoms with Crippen LogP contribution in [0.5, 0.6) is 0 Å². The monoisotopic (exact) mass is 387 g/mol. The second kappa shape index (κ2) is 9.17. The van der Waals surface area contributed by atoms with Crippen molar-refractivity contribution in [2.24, 2.45) is 0 Å². The average molecular weight is 388 g/mol. The van der Waals surface area contributed by atoms with Crippen LogP contribution in [0.1, 0.15) is 33.2 Å². The second-order valence-corrected chi connectivity index (χ2v) is 6.74. The maximum Gasteiger partial charge on any atom is 0.339 e. The lowest BCUT2D eigenvalue weighted by molar-refractivity contribution is 0.0699. The number of anilines is 1. The van der Waals surface area contributed by atoms with Crippen LogP contribution in [-0.2, 0) is 6.42 Å². The highest BCUT2D eigenvalue weighted by Gasteiger charge is 2.17. The van der Waals surface area contributed by atoms with Gasteiger partial charge in [-0.15, -0.1) is 11.3 Å². The summed E-state index contributed by atoms with van der Waals surface area (Å²) in [6.45, 7) is 2.09. The maximum atomic E-state index is 11.0. The number of carbonyl (C=O) groups is 2. The summed E-state index contributed by atoms with van der Waals surface area (Å²) in [5, 5.41) is 11.3. The van der Waals surface area contributed by atoms with Gasteiger partial charge in [-0.25, -0.2) is 4.79 Å². The van der Waals surface area contributed by atoms with Crippen molar-refractivity contribution in [2.45, 2.75) is 13.3 Å². The number of hydrogen-bond acceptors (Lipinski definition) is 4. The number of aryl methyl sites for hydroxylation is 1. The van der Waals surface area contributed by atoms with Crippen molar-refractivity contribution in [2.75, 3.05) is 5.73 Å². The molecule has 6 heteroatoms. The predicted octanol–water partition coefficient (Wildman–Crippen LogP) is 5.41. The molecule has 1 aromatic heterocycles. The van der Waals surface area contributed by atoms with Crippen molar-refractivity contribution >= 4 is 40.9 Å². The number of rotatable bonds is 4. The molecule has 0 amide bonds. The molecule has 0 saturated carbocycles. The second-order valence-electron chi connectivity index (χ2n) is 5.42. The fraction of sp³-hybridized carbons (Fsp3) is 0.100. The van der Waals surface area contributed by atoms with Gasteiger partial charge in [0.2, 0.25) is 0 Å². The zero-order valence-corrected chi connectivity index (χ0v) is 15.7. The average Bonchev–Trinajstić information content (AvgIpc) is 3.04. The Morgan fingerprint density at radius 2 is 1.77 bits per heavy atom. The van der Waals surface area contributed by atoms with E-state index in [-0.39, 0.29) is 5.56 Å². The van der Waals surface area contributed by atoms with Crippen LogP contribution in [0, 0.1) is 0 Å². The van der Waals surface area contributed by atoms with Crippen LogP contribution < -0.4 is 5.73 Å². The smallest absolute Gasteiger partial charge is 0.339 e. The van der Waals surface area contributed by atoms with Crippen LogP contribution in [0.3, 0.4) is 0 Å². The first-order valence-corrected chi connectivity index (χ1v) is 9.12. The number of nitrogen functional groups attached to an aromatic ring is 1. The van der Waals surface area contributed by atoms with E-state index >= 15 is 0 Å². The molecule has 3 aromatic rings. The molecule has 0 saturated heterocycles. The molecule has 26 heavy (non-hydrogen) atoms. The zero-order valence-electron chi connectivity index (χ0n) is 14.1. The fourth-order valence-electron chi connectivity index (χ4n) is 2.24. The minimum Gasteiger partial charge on any atom is -0.478 e. The summed E-state index contributed by atoms with van der Waals surface area (Å²) < 4.78 is 0. The molecule has 0 aliphatic rings. The number of carboxylic acid groups (broad SMARTS) is 1. The highest BCUT2D eigenvalue weighted by Crippen LogP contribution is 2.34. The standard InChI is InChI=1S/C11H8ClNO2S.C9H10O/c12-7-3-1-6(2-4-7)10-9(11(14)15)8(13)5-16-10;1-2-8-3-5-9(7-10)6-4-8/h1-5H,13H2,(H,14,15);3-7H,2H2,1H3. The normalized spacial score (nSPS) is 9.92. The van der Waals surface area contributed by atoms with Gasteiger partial charge in [0.1, 0.15) is 11.8 Å². The number of carbonyl (C=O) groups excluding carboxylic acids is 1. The van der Waals surface area contributed by atoms with Gasteiger partial charge in [-0.1, -0.05) is 54.9 Å². The SMILES string of the molecule is CCc1ccc(C=O)cc1.Nc1csc(-c2ccc(Cl)cc2)c1C(=O)O. The van der Waals surface area contributed by atoms with E-state index < -0.39 is 5.97 Å². The summed E-state index contributed by atoms with van der Waals surface area (Å²) in [6.07, 6.45) is 1.89. The van der Waals surface area contributed by atoms with Crippen molar-refractivity contribution < 1.29 is 14.7 Å². The number of carboxylic acids is 1. The van der Waals surface area contributed by atoms with Gasteiger partial charge in [-0.3, -0.25) is 4.79 Å². The molecule has 134 valence electrons. The molecule has 0 spiro atoms. The maximum absolute atomic E-state index is 11.0. The molecule has 0 aliphatic heterocycles. The minimum atomic E-state index is -1.01. The summed E-state index contributed by atoms with van der Waals surface area (Å²) >= 11 is 7.08. The van der Waals surface area contributed by atoms with Gasteiger partial charge in [-0.05, 0) is 29.7 Å². The molecule has 2 aromatic carbocycles. The Labute approximate surface area is 160 Å². The first-order valence-electron chi connectivity index (χ1n) is 7.86. The number of nitrogens with two attached hydrogens (primary N) is 1. The van der Waals surface area contributed by atoms with Gasteiger partial charge >= 0.3 is 5.97 Å². The Kier molecular flexibility index (Phi) is 6.95. The summed E-state index contributed by atoms with van der Waals surface area (Å²) in [5.74, 6) is -1.01. The molecule has 0 atom stereocenters. The molecule has 0 aliphatic carbocycles. The summed E-state index contributed by atoms with van der Waals surface area (Å²) in [6, 6.07) is 14.6.